The van der Waals surface area contributed by atoms with Gasteiger partial charge in [0.1, 0.15) is 0 Å². The van der Waals surface area contributed by atoms with Crippen LogP contribution in [0.4, 0.5) is 0 Å². The van der Waals surface area contributed by atoms with Gasteiger partial charge in [-0.05, 0) is 49.3 Å². The maximum Gasteiger partial charge on any atom is 0.255 e. The third kappa shape index (κ3) is 2.45. The summed E-state index contributed by atoms with van der Waals surface area (Å²) < 4.78 is 0. The van der Waals surface area contributed by atoms with Crippen molar-refractivity contribution in [3.05, 3.63) is 34.3 Å². The number of rotatable bonds is 1. The molecule has 4 heteroatoms. The fraction of sp³-hybridized carbons (Fsp3) is 0.562. The standard InChI is InChI=1S/C16H21ClN2O/c1-10-5-6-12(14(17)7-10)16(20)19-8-11-3-2-4-15(18)13(11)9-19/h5-7,11,13,15H,2-4,8-9,18H2,1H3. The van der Waals surface area contributed by atoms with Crippen molar-refractivity contribution in [2.45, 2.75) is 32.2 Å². The monoisotopic (exact) mass is 292 g/mol. The third-order valence-corrected chi connectivity index (χ3v) is 5.11. The molecule has 2 aliphatic rings. The van der Waals surface area contributed by atoms with Gasteiger partial charge >= 0.3 is 0 Å². The lowest BCUT2D eigenvalue weighted by Gasteiger charge is -2.29. The Balaban J connectivity index is 1.78. The highest BCUT2D eigenvalue weighted by Crippen LogP contribution is 2.36. The summed E-state index contributed by atoms with van der Waals surface area (Å²) in [5, 5.41) is 0.550. The van der Waals surface area contributed by atoms with Crippen molar-refractivity contribution in [2.75, 3.05) is 13.1 Å². The lowest BCUT2D eigenvalue weighted by Crippen LogP contribution is -2.38. The van der Waals surface area contributed by atoms with Crippen LogP contribution in [0.1, 0.15) is 35.2 Å². The highest BCUT2D eigenvalue weighted by molar-refractivity contribution is 6.33. The summed E-state index contributed by atoms with van der Waals surface area (Å²) in [4.78, 5) is 14.6. The molecule has 3 unspecified atom stereocenters. The van der Waals surface area contributed by atoms with E-state index < -0.39 is 0 Å². The van der Waals surface area contributed by atoms with Gasteiger partial charge in [-0.1, -0.05) is 24.1 Å². The summed E-state index contributed by atoms with van der Waals surface area (Å²) in [6.07, 6.45) is 3.48. The summed E-state index contributed by atoms with van der Waals surface area (Å²) in [5.41, 5.74) is 7.89. The van der Waals surface area contributed by atoms with Gasteiger partial charge in [0.15, 0.2) is 0 Å². The molecule has 0 aromatic heterocycles. The average Bonchev–Trinajstić information content (AvgIpc) is 2.83. The average molecular weight is 293 g/mol. The van der Waals surface area contributed by atoms with E-state index in [0.717, 1.165) is 25.1 Å². The van der Waals surface area contributed by atoms with Crippen LogP contribution >= 0.6 is 11.6 Å². The SMILES string of the molecule is Cc1ccc(C(=O)N2CC3CCCC(N)C3C2)c(Cl)c1. The Morgan fingerprint density at radius 1 is 1.35 bits per heavy atom. The largest absolute Gasteiger partial charge is 0.338 e. The number of halogens is 1. The third-order valence-electron chi connectivity index (χ3n) is 4.80. The van der Waals surface area contributed by atoms with Crippen LogP contribution in [0.3, 0.4) is 0 Å². The molecule has 20 heavy (non-hydrogen) atoms. The Morgan fingerprint density at radius 3 is 2.85 bits per heavy atom. The maximum atomic E-state index is 12.6. The molecule has 1 aliphatic heterocycles. The van der Waals surface area contributed by atoms with E-state index in [1.54, 1.807) is 0 Å². The zero-order chi connectivity index (χ0) is 14.3. The van der Waals surface area contributed by atoms with Gasteiger partial charge in [-0.2, -0.15) is 0 Å². The van der Waals surface area contributed by atoms with Crippen LogP contribution in [-0.2, 0) is 0 Å². The molecule has 0 spiro atoms. The zero-order valence-electron chi connectivity index (χ0n) is 11.8. The normalized spacial score (nSPS) is 29.4. The van der Waals surface area contributed by atoms with E-state index in [2.05, 4.69) is 0 Å². The first-order valence-electron chi connectivity index (χ1n) is 7.37. The van der Waals surface area contributed by atoms with Gasteiger partial charge in [-0.25, -0.2) is 0 Å². The number of hydrogen-bond acceptors (Lipinski definition) is 2. The Labute approximate surface area is 125 Å². The molecule has 1 saturated heterocycles. The Kier molecular flexibility index (Phi) is 3.74. The lowest BCUT2D eigenvalue weighted by atomic mass is 9.78. The van der Waals surface area contributed by atoms with Crippen molar-refractivity contribution < 1.29 is 4.79 Å². The highest BCUT2D eigenvalue weighted by atomic mass is 35.5. The van der Waals surface area contributed by atoms with Crippen LogP contribution < -0.4 is 5.73 Å². The molecule has 0 bridgehead atoms. The van der Waals surface area contributed by atoms with Crippen molar-refractivity contribution in [1.29, 1.82) is 0 Å². The summed E-state index contributed by atoms with van der Waals surface area (Å²) in [6.45, 7) is 3.60. The van der Waals surface area contributed by atoms with E-state index in [0.29, 0.717) is 22.4 Å². The molecule has 3 rings (SSSR count). The van der Waals surface area contributed by atoms with Crippen LogP contribution in [0.5, 0.6) is 0 Å². The van der Waals surface area contributed by atoms with E-state index in [9.17, 15) is 4.79 Å². The number of aryl methyl sites for hydroxylation is 1. The van der Waals surface area contributed by atoms with Gasteiger partial charge in [0, 0.05) is 19.1 Å². The molecule has 1 aromatic carbocycles. The highest BCUT2D eigenvalue weighted by Gasteiger charge is 2.40. The first kappa shape index (κ1) is 13.9. The molecule has 3 nitrogen and oxygen atoms in total. The molecule has 108 valence electrons. The molecule has 1 aliphatic carbocycles. The molecular weight excluding hydrogens is 272 g/mol. The number of amides is 1. The zero-order valence-corrected chi connectivity index (χ0v) is 12.6. The summed E-state index contributed by atoms with van der Waals surface area (Å²) in [6, 6.07) is 5.87. The Bertz CT molecular complexity index is 531. The molecule has 2 N–H and O–H groups in total. The minimum absolute atomic E-state index is 0.0524. The Morgan fingerprint density at radius 2 is 2.15 bits per heavy atom. The van der Waals surface area contributed by atoms with E-state index in [-0.39, 0.29) is 11.9 Å². The fourth-order valence-corrected chi connectivity index (χ4v) is 3.96. The first-order chi connectivity index (χ1) is 9.56. The Hall–Kier alpha value is -1.06. The number of fused-ring (bicyclic) bond motifs is 1. The van der Waals surface area contributed by atoms with Crippen molar-refractivity contribution in [3.63, 3.8) is 0 Å². The van der Waals surface area contributed by atoms with Gasteiger partial charge in [0.2, 0.25) is 0 Å². The van der Waals surface area contributed by atoms with Gasteiger partial charge in [-0.15, -0.1) is 0 Å². The smallest absolute Gasteiger partial charge is 0.255 e. The number of nitrogens with two attached hydrogens (primary N) is 1. The van der Waals surface area contributed by atoms with Crippen molar-refractivity contribution in [3.8, 4) is 0 Å². The molecular formula is C16H21ClN2O. The molecule has 1 aromatic rings. The number of nitrogens with zero attached hydrogens (tertiary/aromatic N) is 1. The molecule has 1 heterocycles. The van der Waals surface area contributed by atoms with Gasteiger partial charge in [0.25, 0.3) is 5.91 Å². The molecule has 1 amide bonds. The second-order valence-electron chi connectivity index (χ2n) is 6.21. The van der Waals surface area contributed by atoms with Crippen molar-refractivity contribution >= 4 is 17.5 Å². The quantitative estimate of drug-likeness (QED) is 0.865. The van der Waals surface area contributed by atoms with Crippen LogP contribution in [0, 0.1) is 18.8 Å². The molecule has 1 saturated carbocycles. The van der Waals surface area contributed by atoms with Crippen molar-refractivity contribution in [1.82, 2.24) is 4.90 Å². The molecule has 3 atom stereocenters. The van der Waals surface area contributed by atoms with E-state index in [1.165, 1.54) is 12.8 Å². The fourth-order valence-electron chi connectivity index (χ4n) is 3.65. The minimum atomic E-state index is 0.0524. The number of hydrogen-bond donors (Lipinski definition) is 1. The lowest BCUT2D eigenvalue weighted by molar-refractivity contribution is 0.0783. The van der Waals surface area contributed by atoms with Crippen LogP contribution in [-0.4, -0.2) is 29.9 Å². The summed E-state index contributed by atoms with van der Waals surface area (Å²) in [5.74, 6) is 1.10. The molecule has 2 fully saturated rings. The predicted octanol–water partition coefficient (Wildman–Crippen LogP) is 2.85. The number of benzene rings is 1. The number of likely N-dealkylation sites (tertiary alicyclic amines) is 1. The van der Waals surface area contributed by atoms with Crippen LogP contribution in [0.15, 0.2) is 18.2 Å². The predicted molar refractivity (Wildman–Crippen MR) is 80.9 cm³/mol. The number of carbonyl (C=O) groups excluding carboxylic acids is 1. The van der Waals surface area contributed by atoms with Gasteiger partial charge in [0.05, 0.1) is 10.6 Å². The van der Waals surface area contributed by atoms with E-state index >= 15 is 0 Å². The second kappa shape index (κ2) is 5.38. The second-order valence-corrected chi connectivity index (χ2v) is 6.62. The summed E-state index contributed by atoms with van der Waals surface area (Å²) in [7, 11) is 0. The van der Waals surface area contributed by atoms with E-state index in [4.69, 9.17) is 17.3 Å². The first-order valence-corrected chi connectivity index (χ1v) is 7.75. The minimum Gasteiger partial charge on any atom is -0.338 e. The van der Waals surface area contributed by atoms with Crippen LogP contribution in [0.2, 0.25) is 5.02 Å². The molecule has 0 radical (unpaired) electrons. The van der Waals surface area contributed by atoms with E-state index in [1.807, 2.05) is 30.0 Å². The van der Waals surface area contributed by atoms with Gasteiger partial charge in [-0.3, -0.25) is 4.79 Å². The number of carbonyl (C=O) groups is 1. The maximum absolute atomic E-state index is 12.6. The summed E-state index contributed by atoms with van der Waals surface area (Å²) >= 11 is 6.21. The van der Waals surface area contributed by atoms with Crippen molar-refractivity contribution in [2.24, 2.45) is 17.6 Å². The van der Waals surface area contributed by atoms with Gasteiger partial charge < -0.3 is 10.6 Å². The topological polar surface area (TPSA) is 46.3 Å². The van der Waals surface area contributed by atoms with Crippen LogP contribution in [0.25, 0.3) is 0 Å².